The van der Waals surface area contributed by atoms with E-state index in [1.165, 1.54) is 30.4 Å². The number of aryl methyl sites for hydroxylation is 1. The van der Waals surface area contributed by atoms with Gasteiger partial charge in [-0.3, -0.25) is 9.59 Å². The number of fused-ring (bicyclic) bond motifs is 5. The second kappa shape index (κ2) is 9.54. The minimum atomic E-state index is -0.214. The van der Waals surface area contributed by atoms with E-state index in [1.807, 2.05) is 12.1 Å². The summed E-state index contributed by atoms with van der Waals surface area (Å²) in [5.74, 6) is 3.12. The summed E-state index contributed by atoms with van der Waals surface area (Å²) in [6.07, 6.45) is 13.1. The molecule has 0 heterocycles. The summed E-state index contributed by atoms with van der Waals surface area (Å²) in [6.45, 7) is 2.22. The second-order valence-electron chi connectivity index (χ2n) is 11.7. The minimum Gasteiger partial charge on any atom is -0.504 e. The summed E-state index contributed by atoms with van der Waals surface area (Å²) < 4.78 is 5.42. The van der Waals surface area contributed by atoms with Gasteiger partial charge in [-0.15, -0.1) is 0 Å². The van der Waals surface area contributed by atoms with Crippen molar-refractivity contribution in [1.29, 1.82) is 0 Å². The fourth-order valence-electron chi connectivity index (χ4n) is 8.15. The third kappa shape index (κ3) is 4.24. The van der Waals surface area contributed by atoms with Crippen LogP contribution in [0.1, 0.15) is 101 Å². The molecule has 3 fully saturated rings. The number of hydrogen-bond donors (Lipinski definition) is 2. The van der Waals surface area contributed by atoms with E-state index in [1.54, 1.807) is 7.11 Å². The first-order chi connectivity index (χ1) is 16.4. The number of Topliss-reactive ketones (excluding diaryl/α,β-unsaturated/α-hetero) is 1. The van der Waals surface area contributed by atoms with Gasteiger partial charge < -0.3 is 15.2 Å². The Morgan fingerprint density at radius 1 is 1.18 bits per heavy atom. The fraction of sp³-hybridized carbons (Fsp3) is 0.724. The van der Waals surface area contributed by atoms with Crippen LogP contribution in [0.15, 0.2) is 12.1 Å². The van der Waals surface area contributed by atoms with Gasteiger partial charge in [0, 0.05) is 24.3 Å². The molecule has 1 amide bonds. The molecule has 5 rings (SSSR count). The van der Waals surface area contributed by atoms with Crippen LogP contribution in [0.5, 0.6) is 11.5 Å². The highest BCUT2D eigenvalue weighted by atomic mass is 16.5. The van der Waals surface area contributed by atoms with Crippen LogP contribution in [0.2, 0.25) is 0 Å². The number of amides is 1. The molecule has 0 aromatic heterocycles. The van der Waals surface area contributed by atoms with Gasteiger partial charge in [-0.25, -0.2) is 0 Å². The fourth-order valence-corrected chi connectivity index (χ4v) is 8.15. The maximum atomic E-state index is 13.2. The Morgan fingerprint density at radius 2 is 1.97 bits per heavy atom. The minimum absolute atomic E-state index is 0.194. The van der Waals surface area contributed by atoms with E-state index >= 15 is 0 Å². The Hall–Kier alpha value is -2.04. The first-order valence-corrected chi connectivity index (χ1v) is 13.6. The van der Waals surface area contributed by atoms with Gasteiger partial charge in [-0.05, 0) is 98.3 Å². The molecule has 5 nitrogen and oxygen atoms in total. The molecular weight excluding hydrogens is 426 g/mol. The van der Waals surface area contributed by atoms with Gasteiger partial charge >= 0.3 is 0 Å². The van der Waals surface area contributed by atoms with Crippen LogP contribution in [-0.2, 0) is 16.0 Å². The number of phenolic OH excluding ortho intramolecular Hbond substituents is 1. The van der Waals surface area contributed by atoms with E-state index in [0.29, 0.717) is 54.1 Å². The topological polar surface area (TPSA) is 75.6 Å². The third-order valence-corrected chi connectivity index (χ3v) is 9.82. The van der Waals surface area contributed by atoms with Crippen molar-refractivity contribution in [3.05, 3.63) is 23.3 Å². The van der Waals surface area contributed by atoms with E-state index in [4.69, 9.17) is 4.74 Å². The van der Waals surface area contributed by atoms with Crippen LogP contribution in [0.4, 0.5) is 0 Å². The average Bonchev–Trinajstić information content (AvgIpc) is 3.09. The van der Waals surface area contributed by atoms with Crippen molar-refractivity contribution < 1.29 is 19.4 Å². The van der Waals surface area contributed by atoms with Crippen molar-refractivity contribution in [2.45, 2.75) is 102 Å². The third-order valence-electron chi connectivity index (χ3n) is 9.82. The van der Waals surface area contributed by atoms with Gasteiger partial charge in [0.05, 0.1) is 7.11 Å². The summed E-state index contributed by atoms with van der Waals surface area (Å²) >= 11 is 0. The molecule has 5 atom stereocenters. The summed E-state index contributed by atoms with van der Waals surface area (Å²) in [5, 5.41) is 13.5. The molecule has 0 radical (unpaired) electrons. The molecule has 0 spiro atoms. The number of carbonyl (C=O) groups is 2. The Morgan fingerprint density at radius 3 is 2.74 bits per heavy atom. The van der Waals surface area contributed by atoms with Crippen molar-refractivity contribution in [2.75, 3.05) is 7.11 Å². The number of carbonyl (C=O) groups excluding carboxylic acids is 2. The number of ketones is 1. The quantitative estimate of drug-likeness (QED) is 0.565. The molecule has 0 bridgehead atoms. The molecule has 5 heteroatoms. The standard InChI is InChI=1S/C29H41NO4/c1-29-14-13-21-22(12-11-18-15-24(31)25(34-2)17-23(18)21)28(29)19(16-26(29)32)7-6-10-27(33)30-20-8-4-3-5-9-20/h15,17,19-22,28,31H,3-14,16H2,1-2H3,(H,30,33)/t19?,21?,22?,28?,29-/m1/s1. The largest absolute Gasteiger partial charge is 0.504 e. The van der Waals surface area contributed by atoms with E-state index in [2.05, 4.69) is 12.2 Å². The molecule has 0 aliphatic heterocycles. The summed E-state index contributed by atoms with van der Waals surface area (Å²) in [5.41, 5.74) is 2.34. The predicted octanol–water partition coefficient (Wildman–Crippen LogP) is 5.67. The normalized spacial score (nSPS) is 33.1. The van der Waals surface area contributed by atoms with Crippen LogP contribution in [0, 0.1) is 23.2 Å². The van der Waals surface area contributed by atoms with Gasteiger partial charge in [-0.1, -0.05) is 26.2 Å². The Kier molecular flexibility index (Phi) is 6.65. The monoisotopic (exact) mass is 467 g/mol. The molecule has 2 N–H and O–H groups in total. The molecular formula is C29H41NO4. The Bertz CT molecular complexity index is 936. The van der Waals surface area contributed by atoms with Gasteiger partial charge in [-0.2, -0.15) is 0 Å². The SMILES string of the molecule is COc1cc2c(cc1O)CCC1C2CC[C@]2(C)C(=O)CC(CCCC(=O)NC3CCCCC3)C12. The van der Waals surface area contributed by atoms with Gasteiger partial charge in [0.2, 0.25) is 5.91 Å². The zero-order chi connectivity index (χ0) is 23.9. The van der Waals surface area contributed by atoms with Crippen LogP contribution in [-0.4, -0.2) is 29.9 Å². The van der Waals surface area contributed by atoms with Crippen molar-refractivity contribution in [2.24, 2.45) is 23.2 Å². The smallest absolute Gasteiger partial charge is 0.220 e. The number of rotatable bonds is 6. The maximum Gasteiger partial charge on any atom is 0.220 e. The second-order valence-corrected chi connectivity index (χ2v) is 11.7. The number of hydrogen-bond acceptors (Lipinski definition) is 4. The van der Waals surface area contributed by atoms with Crippen molar-refractivity contribution in [3.63, 3.8) is 0 Å². The zero-order valence-electron chi connectivity index (χ0n) is 20.9. The Balaban J connectivity index is 1.27. The lowest BCUT2D eigenvalue weighted by Crippen LogP contribution is -2.44. The van der Waals surface area contributed by atoms with E-state index in [0.717, 1.165) is 51.4 Å². The van der Waals surface area contributed by atoms with Crippen LogP contribution in [0.25, 0.3) is 0 Å². The van der Waals surface area contributed by atoms with Crippen molar-refractivity contribution in [1.82, 2.24) is 5.32 Å². The van der Waals surface area contributed by atoms with Crippen molar-refractivity contribution in [3.8, 4) is 11.5 Å². The van der Waals surface area contributed by atoms with Gasteiger partial charge in [0.15, 0.2) is 11.5 Å². The van der Waals surface area contributed by atoms with Crippen LogP contribution < -0.4 is 10.1 Å². The van der Waals surface area contributed by atoms with Crippen molar-refractivity contribution >= 4 is 11.7 Å². The molecule has 4 unspecified atom stereocenters. The number of ether oxygens (including phenoxy) is 1. The molecule has 3 saturated carbocycles. The summed E-state index contributed by atoms with van der Waals surface area (Å²) in [7, 11) is 1.61. The first kappa shape index (κ1) is 23.7. The Labute approximate surface area is 204 Å². The molecule has 0 saturated heterocycles. The number of aromatic hydroxyl groups is 1. The molecule has 34 heavy (non-hydrogen) atoms. The highest BCUT2D eigenvalue weighted by Crippen LogP contribution is 2.62. The highest BCUT2D eigenvalue weighted by molar-refractivity contribution is 5.87. The first-order valence-electron chi connectivity index (χ1n) is 13.6. The van der Waals surface area contributed by atoms with E-state index in [-0.39, 0.29) is 17.1 Å². The van der Waals surface area contributed by atoms with Crippen LogP contribution in [0.3, 0.4) is 0 Å². The van der Waals surface area contributed by atoms with Gasteiger partial charge in [0.1, 0.15) is 5.78 Å². The number of phenols is 1. The molecule has 1 aromatic carbocycles. The molecule has 4 aliphatic rings. The highest BCUT2D eigenvalue weighted by Gasteiger charge is 2.58. The number of benzene rings is 1. The summed E-state index contributed by atoms with van der Waals surface area (Å²) in [4.78, 5) is 25.8. The predicted molar refractivity (Wildman–Crippen MR) is 132 cm³/mol. The average molecular weight is 468 g/mol. The number of methoxy groups -OCH3 is 1. The van der Waals surface area contributed by atoms with Gasteiger partial charge in [0.25, 0.3) is 0 Å². The molecule has 186 valence electrons. The maximum absolute atomic E-state index is 13.2. The molecule has 1 aromatic rings. The molecule has 4 aliphatic carbocycles. The lowest BCUT2D eigenvalue weighted by molar-refractivity contribution is -0.129. The van der Waals surface area contributed by atoms with Crippen LogP contribution >= 0.6 is 0 Å². The lowest BCUT2D eigenvalue weighted by Gasteiger charge is -2.50. The van der Waals surface area contributed by atoms with E-state index < -0.39 is 0 Å². The number of nitrogens with one attached hydrogen (secondary N) is 1. The lowest BCUT2D eigenvalue weighted by atomic mass is 9.54. The zero-order valence-corrected chi connectivity index (χ0v) is 20.9. The summed E-state index contributed by atoms with van der Waals surface area (Å²) in [6, 6.07) is 4.31. The van der Waals surface area contributed by atoms with E-state index in [9.17, 15) is 14.7 Å².